The van der Waals surface area contributed by atoms with Crippen LogP contribution in [0.2, 0.25) is 0 Å². The van der Waals surface area contributed by atoms with E-state index in [0.29, 0.717) is 5.82 Å². The van der Waals surface area contributed by atoms with Crippen molar-refractivity contribution >= 4 is 11.6 Å². The molecule has 1 atom stereocenters. The molecule has 3 rings (SSSR count). The highest BCUT2D eigenvalue weighted by molar-refractivity contribution is 5.41. The number of hydrogen-bond donors (Lipinski definition) is 1. The lowest BCUT2D eigenvalue weighted by Gasteiger charge is -2.35. The lowest BCUT2D eigenvalue weighted by molar-refractivity contribution is 0.255. The lowest BCUT2D eigenvalue weighted by Crippen LogP contribution is -2.40. The summed E-state index contributed by atoms with van der Waals surface area (Å²) in [6, 6.07) is 0. The summed E-state index contributed by atoms with van der Waals surface area (Å²) in [5.74, 6) is 2.21. The quantitative estimate of drug-likeness (QED) is 0.890. The fourth-order valence-corrected chi connectivity index (χ4v) is 3.28. The van der Waals surface area contributed by atoms with Gasteiger partial charge in [-0.05, 0) is 44.7 Å². The third-order valence-corrected chi connectivity index (χ3v) is 4.20. The Morgan fingerprint density at radius 1 is 1.16 bits per heavy atom. The van der Waals surface area contributed by atoms with Gasteiger partial charge in [0.2, 0.25) is 0 Å². The van der Waals surface area contributed by atoms with E-state index >= 15 is 0 Å². The van der Waals surface area contributed by atoms with E-state index in [9.17, 15) is 0 Å². The molecule has 2 fully saturated rings. The Morgan fingerprint density at radius 2 is 2.00 bits per heavy atom. The number of likely N-dealkylation sites (tertiary alicyclic amines) is 1. The Labute approximate surface area is 114 Å². The number of aromatic nitrogens is 2. The molecular weight excluding hydrogens is 238 g/mol. The summed E-state index contributed by atoms with van der Waals surface area (Å²) < 4.78 is 0. The fraction of sp³-hybridized carbons (Fsp3) is 0.714. The first-order valence-corrected chi connectivity index (χ1v) is 7.36. The van der Waals surface area contributed by atoms with E-state index in [1.807, 2.05) is 6.20 Å². The molecule has 2 aliphatic heterocycles. The van der Waals surface area contributed by atoms with Gasteiger partial charge < -0.3 is 15.5 Å². The molecule has 19 heavy (non-hydrogen) atoms. The van der Waals surface area contributed by atoms with Gasteiger partial charge in [0.05, 0.1) is 12.4 Å². The highest BCUT2D eigenvalue weighted by Gasteiger charge is 2.24. The molecule has 0 radical (unpaired) electrons. The molecule has 104 valence electrons. The Hall–Kier alpha value is -1.36. The zero-order chi connectivity index (χ0) is 13.1. The molecule has 0 saturated carbocycles. The summed E-state index contributed by atoms with van der Waals surface area (Å²) >= 11 is 0. The van der Waals surface area contributed by atoms with Gasteiger partial charge in [-0.1, -0.05) is 0 Å². The van der Waals surface area contributed by atoms with Gasteiger partial charge in [-0.25, -0.2) is 4.98 Å². The standard InChI is InChI=1S/C14H23N5/c15-13-8-16-9-14(17-13)19-7-3-4-12(11-19)10-18-5-1-2-6-18/h8-9,12H,1-7,10-11H2,(H2,15,17). The molecule has 1 aromatic heterocycles. The molecule has 1 unspecified atom stereocenters. The van der Waals surface area contributed by atoms with Gasteiger partial charge in [0.15, 0.2) is 0 Å². The van der Waals surface area contributed by atoms with Crippen molar-refractivity contribution in [2.24, 2.45) is 5.92 Å². The van der Waals surface area contributed by atoms with E-state index in [4.69, 9.17) is 5.73 Å². The van der Waals surface area contributed by atoms with Crippen molar-refractivity contribution < 1.29 is 0 Å². The molecule has 0 bridgehead atoms. The maximum Gasteiger partial charge on any atom is 0.149 e. The van der Waals surface area contributed by atoms with Crippen LogP contribution in [0.3, 0.4) is 0 Å². The lowest BCUT2D eigenvalue weighted by atomic mass is 9.97. The van der Waals surface area contributed by atoms with E-state index in [0.717, 1.165) is 24.8 Å². The van der Waals surface area contributed by atoms with Gasteiger partial charge in [0.1, 0.15) is 11.6 Å². The number of nitrogens with zero attached hydrogens (tertiary/aromatic N) is 4. The van der Waals surface area contributed by atoms with Crippen molar-refractivity contribution in [2.45, 2.75) is 25.7 Å². The van der Waals surface area contributed by atoms with Crippen LogP contribution in [0.15, 0.2) is 12.4 Å². The van der Waals surface area contributed by atoms with Crippen LogP contribution in [0.25, 0.3) is 0 Å². The second kappa shape index (κ2) is 5.74. The molecule has 2 aliphatic rings. The molecule has 0 aromatic carbocycles. The molecule has 1 aromatic rings. The second-order valence-electron chi connectivity index (χ2n) is 5.76. The van der Waals surface area contributed by atoms with E-state index < -0.39 is 0 Å². The number of nitrogen functional groups attached to an aromatic ring is 1. The molecule has 5 heteroatoms. The highest BCUT2D eigenvalue weighted by Crippen LogP contribution is 2.23. The normalized spacial score (nSPS) is 24.8. The van der Waals surface area contributed by atoms with Crippen LogP contribution in [0.4, 0.5) is 11.6 Å². The van der Waals surface area contributed by atoms with Crippen molar-refractivity contribution in [3.63, 3.8) is 0 Å². The van der Waals surface area contributed by atoms with E-state index in [1.54, 1.807) is 6.20 Å². The first-order valence-electron chi connectivity index (χ1n) is 7.36. The van der Waals surface area contributed by atoms with Crippen LogP contribution < -0.4 is 10.6 Å². The van der Waals surface area contributed by atoms with Crippen molar-refractivity contribution in [3.8, 4) is 0 Å². The van der Waals surface area contributed by atoms with Crippen LogP contribution in [0.1, 0.15) is 25.7 Å². The summed E-state index contributed by atoms with van der Waals surface area (Å²) in [5.41, 5.74) is 5.72. The first-order chi connectivity index (χ1) is 9.31. The van der Waals surface area contributed by atoms with Crippen LogP contribution in [0, 0.1) is 5.92 Å². The zero-order valence-corrected chi connectivity index (χ0v) is 11.5. The molecule has 0 amide bonds. The van der Waals surface area contributed by atoms with E-state index in [-0.39, 0.29) is 0 Å². The number of rotatable bonds is 3. The monoisotopic (exact) mass is 261 g/mol. The highest BCUT2D eigenvalue weighted by atomic mass is 15.2. The SMILES string of the molecule is Nc1cncc(N2CCCC(CN3CCCC3)C2)n1. The number of anilines is 2. The third-order valence-electron chi connectivity index (χ3n) is 4.20. The van der Waals surface area contributed by atoms with Gasteiger partial charge in [-0.15, -0.1) is 0 Å². The summed E-state index contributed by atoms with van der Waals surface area (Å²) in [4.78, 5) is 13.5. The van der Waals surface area contributed by atoms with Crippen molar-refractivity contribution in [1.29, 1.82) is 0 Å². The number of piperidine rings is 1. The zero-order valence-electron chi connectivity index (χ0n) is 11.5. The fourth-order valence-electron chi connectivity index (χ4n) is 3.28. The summed E-state index contributed by atoms with van der Waals surface area (Å²) in [6.45, 7) is 5.98. The van der Waals surface area contributed by atoms with Gasteiger partial charge in [-0.2, -0.15) is 0 Å². The van der Waals surface area contributed by atoms with Crippen LogP contribution in [-0.2, 0) is 0 Å². The van der Waals surface area contributed by atoms with Crippen molar-refractivity contribution in [1.82, 2.24) is 14.9 Å². The maximum atomic E-state index is 5.72. The van der Waals surface area contributed by atoms with Gasteiger partial charge >= 0.3 is 0 Å². The number of hydrogen-bond acceptors (Lipinski definition) is 5. The van der Waals surface area contributed by atoms with Crippen LogP contribution in [-0.4, -0.2) is 47.6 Å². The van der Waals surface area contributed by atoms with Gasteiger partial charge in [-0.3, -0.25) is 4.98 Å². The van der Waals surface area contributed by atoms with Crippen molar-refractivity contribution in [3.05, 3.63) is 12.4 Å². The molecule has 2 saturated heterocycles. The average molecular weight is 261 g/mol. The predicted octanol–water partition coefficient (Wildman–Crippen LogP) is 1.37. The molecule has 0 spiro atoms. The predicted molar refractivity (Wildman–Crippen MR) is 77.1 cm³/mol. The smallest absolute Gasteiger partial charge is 0.149 e. The Morgan fingerprint density at radius 3 is 2.79 bits per heavy atom. The van der Waals surface area contributed by atoms with Crippen LogP contribution >= 0.6 is 0 Å². The minimum Gasteiger partial charge on any atom is -0.382 e. The van der Waals surface area contributed by atoms with Gasteiger partial charge in [0, 0.05) is 19.6 Å². The maximum absolute atomic E-state index is 5.72. The summed E-state index contributed by atoms with van der Waals surface area (Å²) in [5, 5.41) is 0. The summed E-state index contributed by atoms with van der Waals surface area (Å²) in [6.07, 6.45) is 8.76. The van der Waals surface area contributed by atoms with Crippen LogP contribution in [0.5, 0.6) is 0 Å². The topological polar surface area (TPSA) is 58.3 Å². The summed E-state index contributed by atoms with van der Waals surface area (Å²) in [7, 11) is 0. The minimum absolute atomic E-state index is 0.513. The molecule has 3 heterocycles. The molecule has 5 nitrogen and oxygen atoms in total. The second-order valence-corrected chi connectivity index (χ2v) is 5.76. The largest absolute Gasteiger partial charge is 0.382 e. The Balaban J connectivity index is 1.61. The number of nitrogens with two attached hydrogens (primary N) is 1. The minimum atomic E-state index is 0.513. The molecular formula is C14H23N5. The van der Waals surface area contributed by atoms with Crippen molar-refractivity contribution in [2.75, 3.05) is 43.4 Å². The van der Waals surface area contributed by atoms with E-state index in [1.165, 1.54) is 45.3 Å². The first kappa shape index (κ1) is 12.7. The van der Waals surface area contributed by atoms with Gasteiger partial charge in [0.25, 0.3) is 0 Å². The Kier molecular flexibility index (Phi) is 3.82. The average Bonchev–Trinajstić information content (AvgIpc) is 2.92. The Bertz CT molecular complexity index is 416. The third kappa shape index (κ3) is 3.15. The van der Waals surface area contributed by atoms with E-state index in [2.05, 4.69) is 19.8 Å². The molecule has 0 aliphatic carbocycles. The molecule has 2 N–H and O–H groups in total.